The van der Waals surface area contributed by atoms with E-state index in [0.29, 0.717) is 0 Å². The quantitative estimate of drug-likeness (QED) is 0.749. The number of fused-ring (bicyclic) bond motifs is 1. The second kappa shape index (κ2) is 8.98. The minimum absolute atomic E-state index is 0.0511. The summed E-state index contributed by atoms with van der Waals surface area (Å²) in [5, 5.41) is 1.12. The van der Waals surface area contributed by atoms with E-state index < -0.39 is 0 Å². The molecule has 22 heavy (non-hydrogen) atoms. The molecule has 3 nitrogen and oxygen atoms in total. The van der Waals surface area contributed by atoms with Crippen molar-refractivity contribution in [1.82, 2.24) is 4.98 Å². The molecule has 1 aromatic carbocycles. The highest BCUT2D eigenvalue weighted by Gasteiger charge is 2.07. The molecule has 0 amide bonds. The maximum atomic E-state index is 11.2. The van der Waals surface area contributed by atoms with E-state index in [-0.39, 0.29) is 5.78 Å². The summed E-state index contributed by atoms with van der Waals surface area (Å²) in [6.07, 6.45) is 6.35. The fourth-order valence-electron chi connectivity index (χ4n) is 2.25. The summed E-state index contributed by atoms with van der Waals surface area (Å²) >= 11 is 0. The summed E-state index contributed by atoms with van der Waals surface area (Å²) in [7, 11) is 2.08. The molecule has 0 saturated carbocycles. The summed E-state index contributed by atoms with van der Waals surface area (Å²) in [6, 6.07) is 8.18. The van der Waals surface area contributed by atoms with Crippen molar-refractivity contribution >= 4 is 28.4 Å². The Hall–Kier alpha value is -2.16. The lowest BCUT2D eigenvalue weighted by molar-refractivity contribution is -0.112. The predicted octanol–water partition coefficient (Wildman–Crippen LogP) is 4.71. The molecule has 2 aromatic rings. The Bertz CT molecular complexity index is 647. The van der Waals surface area contributed by atoms with Crippen LogP contribution < -0.4 is 4.90 Å². The van der Waals surface area contributed by atoms with E-state index >= 15 is 0 Å². The fraction of sp³-hybridized carbons (Fsp3) is 0.368. The number of carbonyl (C=O) groups is 1. The van der Waals surface area contributed by atoms with Crippen molar-refractivity contribution in [3.05, 3.63) is 42.1 Å². The Morgan fingerprint density at radius 1 is 1.32 bits per heavy atom. The maximum absolute atomic E-state index is 11.2. The third-order valence-corrected chi connectivity index (χ3v) is 3.22. The molecule has 0 atom stereocenters. The van der Waals surface area contributed by atoms with Gasteiger partial charge in [-0.2, -0.15) is 0 Å². The van der Waals surface area contributed by atoms with Crippen molar-refractivity contribution in [3.8, 4) is 0 Å². The van der Waals surface area contributed by atoms with Crippen LogP contribution in [0.1, 0.15) is 39.7 Å². The molecule has 118 valence electrons. The zero-order chi connectivity index (χ0) is 16.5. The summed E-state index contributed by atoms with van der Waals surface area (Å²) in [4.78, 5) is 17.8. The average Bonchev–Trinajstić information content (AvgIpc) is 2.54. The first-order chi connectivity index (χ1) is 10.6. The average molecular weight is 298 g/mol. The van der Waals surface area contributed by atoms with Crippen LogP contribution in [0.4, 0.5) is 5.69 Å². The molecule has 0 unspecified atom stereocenters. The molecule has 0 spiro atoms. The third kappa shape index (κ3) is 4.69. The van der Waals surface area contributed by atoms with Gasteiger partial charge >= 0.3 is 0 Å². The lowest BCUT2D eigenvalue weighted by Crippen LogP contribution is -2.18. The molecule has 2 rings (SSSR count). The molecular weight excluding hydrogens is 272 g/mol. The molecule has 0 aliphatic heterocycles. The van der Waals surface area contributed by atoms with Crippen molar-refractivity contribution in [2.45, 2.75) is 34.1 Å². The van der Waals surface area contributed by atoms with Crippen molar-refractivity contribution in [2.24, 2.45) is 0 Å². The minimum Gasteiger partial charge on any atom is -0.374 e. The van der Waals surface area contributed by atoms with E-state index in [0.717, 1.165) is 35.1 Å². The normalized spacial score (nSPS) is 10.4. The molecule has 0 bridgehead atoms. The van der Waals surface area contributed by atoms with Gasteiger partial charge in [-0.1, -0.05) is 26.8 Å². The van der Waals surface area contributed by atoms with E-state index in [1.54, 1.807) is 19.2 Å². The zero-order valence-corrected chi connectivity index (χ0v) is 14.3. The van der Waals surface area contributed by atoms with Gasteiger partial charge in [-0.15, -0.1) is 0 Å². The van der Waals surface area contributed by atoms with Crippen molar-refractivity contribution in [1.29, 1.82) is 0 Å². The zero-order valence-electron chi connectivity index (χ0n) is 14.3. The molecule has 0 N–H and O–H groups in total. The van der Waals surface area contributed by atoms with Crippen LogP contribution in [0.3, 0.4) is 0 Å². The summed E-state index contributed by atoms with van der Waals surface area (Å²) < 4.78 is 0. The van der Waals surface area contributed by atoms with E-state index in [4.69, 9.17) is 0 Å². The molecular formula is C19H26N2O. The predicted molar refractivity (Wildman–Crippen MR) is 96.4 cm³/mol. The van der Waals surface area contributed by atoms with Crippen molar-refractivity contribution < 1.29 is 4.79 Å². The molecule has 0 aliphatic rings. The number of hydrogen-bond donors (Lipinski definition) is 0. The highest BCUT2D eigenvalue weighted by Crippen LogP contribution is 2.26. The van der Waals surface area contributed by atoms with Crippen LogP contribution in [0.2, 0.25) is 0 Å². The smallest absolute Gasteiger partial charge is 0.152 e. The van der Waals surface area contributed by atoms with Gasteiger partial charge in [0.2, 0.25) is 0 Å². The van der Waals surface area contributed by atoms with Gasteiger partial charge in [0.05, 0.1) is 5.52 Å². The number of ketones is 1. The lowest BCUT2D eigenvalue weighted by atomic mass is 10.1. The Morgan fingerprint density at radius 2 is 2.05 bits per heavy atom. The van der Waals surface area contributed by atoms with Gasteiger partial charge in [-0.3, -0.25) is 9.78 Å². The monoisotopic (exact) mass is 298 g/mol. The molecule has 0 fully saturated rings. The van der Waals surface area contributed by atoms with Crippen LogP contribution in [0.5, 0.6) is 0 Å². The number of anilines is 1. The van der Waals surface area contributed by atoms with Crippen LogP contribution in [0.15, 0.2) is 36.5 Å². The van der Waals surface area contributed by atoms with Crippen LogP contribution in [0.25, 0.3) is 17.0 Å². The van der Waals surface area contributed by atoms with Crippen molar-refractivity contribution in [2.75, 3.05) is 18.5 Å². The van der Waals surface area contributed by atoms with Crippen LogP contribution in [0, 0.1) is 0 Å². The Kier molecular flexibility index (Phi) is 7.30. The number of aromatic nitrogens is 1. The number of allylic oxidation sites excluding steroid dienone is 1. The highest BCUT2D eigenvalue weighted by molar-refractivity contribution is 5.94. The third-order valence-electron chi connectivity index (χ3n) is 3.22. The van der Waals surface area contributed by atoms with E-state index in [1.807, 2.05) is 32.1 Å². The Labute approximate surface area is 133 Å². The van der Waals surface area contributed by atoms with Gasteiger partial charge < -0.3 is 4.90 Å². The van der Waals surface area contributed by atoms with Crippen LogP contribution in [-0.4, -0.2) is 24.4 Å². The maximum Gasteiger partial charge on any atom is 0.152 e. The van der Waals surface area contributed by atoms with E-state index in [1.165, 1.54) is 0 Å². The summed E-state index contributed by atoms with van der Waals surface area (Å²) in [5.74, 6) is 0.0511. The first-order valence-corrected chi connectivity index (χ1v) is 7.90. The first-order valence-electron chi connectivity index (χ1n) is 7.90. The van der Waals surface area contributed by atoms with Gasteiger partial charge in [-0.25, -0.2) is 0 Å². The fourth-order valence-corrected chi connectivity index (χ4v) is 2.25. The minimum atomic E-state index is 0.0511. The van der Waals surface area contributed by atoms with Gasteiger partial charge in [0.15, 0.2) is 5.78 Å². The van der Waals surface area contributed by atoms with E-state index in [2.05, 4.69) is 36.0 Å². The standard InChI is InChI=1S/C17H20N2O.C2H6/c1-4-10-19(3)17-12-14-6-5-9-18-16(14)11-15(17)8-7-13(2)20;1-2/h5-9,11-12H,4,10H2,1-3H3;1-2H3/b8-7+;. The largest absolute Gasteiger partial charge is 0.374 e. The topological polar surface area (TPSA) is 33.2 Å². The number of benzene rings is 1. The molecule has 1 heterocycles. The summed E-state index contributed by atoms with van der Waals surface area (Å²) in [6.45, 7) is 8.70. The number of carbonyl (C=O) groups excluding carboxylic acids is 1. The van der Waals surface area contributed by atoms with E-state index in [9.17, 15) is 4.79 Å². The van der Waals surface area contributed by atoms with Gasteiger partial charge in [0.1, 0.15) is 0 Å². The van der Waals surface area contributed by atoms with Crippen molar-refractivity contribution in [3.63, 3.8) is 0 Å². The van der Waals surface area contributed by atoms with Gasteiger partial charge in [0.25, 0.3) is 0 Å². The second-order valence-electron chi connectivity index (χ2n) is 4.97. The second-order valence-corrected chi connectivity index (χ2v) is 4.97. The summed E-state index contributed by atoms with van der Waals surface area (Å²) in [5.41, 5.74) is 3.11. The van der Waals surface area contributed by atoms with Crippen LogP contribution in [-0.2, 0) is 4.79 Å². The van der Waals surface area contributed by atoms with Gasteiger partial charge in [0, 0.05) is 36.4 Å². The van der Waals surface area contributed by atoms with Crippen LogP contribution >= 0.6 is 0 Å². The molecule has 0 saturated heterocycles. The number of hydrogen-bond acceptors (Lipinski definition) is 3. The number of rotatable bonds is 5. The van der Waals surface area contributed by atoms with Gasteiger partial charge in [-0.05, 0) is 43.7 Å². The molecule has 1 aromatic heterocycles. The lowest BCUT2D eigenvalue weighted by Gasteiger charge is -2.21. The molecule has 0 aliphatic carbocycles. The molecule has 3 heteroatoms. The highest BCUT2D eigenvalue weighted by atomic mass is 16.1. The first kappa shape index (κ1) is 17.9. The Morgan fingerprint density at radius 3 is 2.68 bits per heavy atom. The number of nitrogens with zero attached hydrogens (tertiary/aromatic N) is 2. The Balaban J connectivity index is 0.00000116. The SMILES string of the molecule is CC.CCCN(C)c1cc2cccnc2cc1/C=C/C(C)=O. The molecule has 0 radical (unpaired) electrons. The number of pyridine rings is 1.